The molecule has 1 N–H and O–H groups in total. The summed E-state index contributed by atoms with van der Waals surface area (Å²) in [5, 5.41) is 3.32. The molecule has 1 aromatic rings. The van der Waals surface area contributed by atoms with E-state index < -0.39 is 0 Å². The maximum absolute atomic E-state index is 12.3. The van der Waals surface area contributed by atoms with Gasteiger partial charge in [0.25, 0.3) is 0 Å². The van der Waals surface area contributed by atoms with Crippen molar-refractivity contribution in [2.45, 2.75) is 39.7 Å². The van der Waals surface area contributed by atoms with Crippen LogP contribution in [0.15, 0.2) is 18.2 Å². The summed E-state index contributed by atoms with van der Waals surface area (Å²) >= 11 is 0. The smallest absolute Gasteiger partial charge is 0.310 e. The first kappa shape index (κ1) is 24.3. The molecule has 1 aliphatic heterocycles. The first-order valence-electron chi connectivity index (χ1n) is 10.8. The summed E-state index contributed by atoms with van der Waals surface area (Å²) in [6, 6.07) is 5.62. The molecule has 1 saturated heterocycles. The molecule has 1 aliphatic rings. The number of rotatable bonds is 13. The second-order valence-corrected chi connectivity index (χ2v) is 7.92. The van der Waals surface area contributed by atoms with Crippen LogP contribution < -0.4 is 19.5 Å². The zero-order chi connectivity index (χ0) is 21.9. The van der Waals surface area contributed by atoms with Crippen LogP contribution in [0.1, 0.15) is 33.6 Å². The number of hydrogen-bond donors (Lipinski definition) is 1. The van der Waals surface area contributed by atoms with Crippen molar-refractivity contribution in [1.29, 1.82) is 0 Å². The number of esters is 1. The van der Waals surface area contributed by atoms with E-state index in [-0.39, 0.29) is 23.9 Å². The van der Waals surface area contributed by atoms with Crippen LogP contribution in [0.3, 0.4) is 0 Å². The zero-order valence-corrected chi connectivity index (χ0v) is 18.9. The molecule has 0 aromatic heterocycles. The maximum atomic E-state index is 12.3. The molecular weight excluding hydrogens is 386 g/mol. The molecule has 1 heterocycles. The molecule has 2 rings (SSSR count). The van der Waals surface area contributed by atoms with Gasteiger partial charge in [-0.3, -0.25) is 4.79 Å². The number of benzene rings is 1. The second-order valence-electron chi connectivity index (χ2n) is 7.92. The minimum Gasteiger partial charge on any atom is -0.493 e. The summed E-state index contributed by atoms with van der Waals surface area (Å²) in [7, 11) is 3.30. The standard InChI is InChI=1S/C23H37NO6/c1-6-28-23(25)19-15-24-14-17(19)12-21(16(2)3)30-18-8-9-20(27-5)22(13-18)29-11-7-10-26-4/h8-9,13,16-17,19,21,24H,6-7,10-12,14-15H2,1-5H3/t17-,19-,21+/m1/s1. The number of methoxy groups -OCH3 is 2. The molecule has 7 heteroatoms. The Balaban J connectivity index is 2.05. The van der Waals surface area contributed by atoms with Gasteiger partial charge in [0.05, 0.1) is 26.2 Å². The lowest BCUT2D eigenvalue weighted by Gasteiger charge is -2.27. The summed E-state index contributed by atoms with van der Waals surface area (Å²) < 4.78 is 28.0. The van der Waals surface area contributed by atoms with Gasteiger partial charge in [-0.25, -0.2) is 0 Å². The minimum absolute atomic E-state index is 0.0263. The van der Waals surface area contributed by atoms with Crippen molar-refractivity contribution in [3.8, 4) is 17.2 Å². The number of hydrogen-bond acceptors (Lipinski definition) is 7. The largest absolute Gasteiger partial charge is 0.493 e. The highest BCUT2D eigenvalue weighted by molar-refractivity contribution is 5.73. The number of ether oxygens (including phenoxy) is 5. The molecule has 0 unspecified atom stereocenters. The highest BCUT2D eigenvalue weighted by atomic mass is 16.5. The van der Waals surface area contributed by atoms with Gasteiger partial charge in [0.1, 0.15) is 11.9 Å². The van der Waals surface area contributed by atoms with Crippen LogP contribution in [0.5, 0.6) is 17.2 Å². The fraction of sp³-hybridized carbons (Fsp3) is 0.696. The predicted octanol–water partition coefficient (Wildman–Crippen LogP) is 3.30. The van der Waals surface area contributed by atoms with Gasteiger partial charge >= 0.3 is 5.97 Å². The lowest BCUT2D eigenvalue weighted by molar-refractivity contribution is -0.149. The SMILES string of the molecule is CCOC(=O)[C@@H]1CNC[C@H]1C[C@H](Oc1ccc(OC)c(OCCCOC)c1)C(C)C. The third kappa shape index (κ3) is 7.06. The normalized spacial score (nSPS) is 19.5. The molecule has 0 amide bonds. The van der Waals surface area contributed by atoms with Crippen molar-refractivity contribution in [1.82, 2.24) is 5.32 Å². The van der Waals surface area contributed by atoms with Gasteiger partial charge in [0.2, 0.25) is 0 Å². The van der Waals surface area contributed by atoms with Gasteiger partial charge in [-0.2, -0.15) is 0 Å². The van der Waals surface area contributed by atoms with E-state index in [4.69, 9.17) is 23.7 Å². The zero-order valence-electron chi connectivity index (χ0n) is 18.9. The van der Waals surface area contributed by atoms with E-state index in [1.807, 2.05) is 25.1 Å². The van der Waals surface area contributed by atoms with Crippen LogP contribution >= 0.6 is 0 Å². The molecule has 0 bridgehead atoms. The van der Waals surface area contributed by atoms with E-state index in [2.05, 4.69) is 19.2 Å². The molecule has 7 nitrogen and oxygen atoms in total. The Bertz CT molecular complexity index is 651. The van der Waals surface area contributed by atoms with E-state index in [0.717, 1.165) is 25.1 Å². The average Bonchev–Trinajstić information content (AvgIpc) is 3.19. The first-order chi connectivity index (χ1) is 14.5. The van der Waals surface area contributed by atoms with Crippen molar-refractivity contribution >= 4 is 5.97 Å². The van der Waals surface area contributed by atoms with Crippen LogP contribution in [0.4, 0.5) is 0 Å². The van der Waals surface area contributed by atoms with Crippen molar-refractivity contribution < 1.29 is 28.5 Å². The van der Waals surface area contributed by atoms with Crippen LogP contribution in [0.25, 0.3) is 0 Å². The highest BCUT2D eigenvalue weighted by Crippen LogP contribution is 2.34. The van der Waals surface area contributed by atoms with Gasteiger partial charge < -0.3 is 29.0 Å². The van der Waals surface area contributed by atoms with E-state index in [9.17, 15) is 4.79 Å². The molecular formula is C23H37NO6. The highest BCUT2D eigenvalue weighted by Gasteiger charge is 2.36. The van der Waals surface area contributed by atoms with Gasteiger partial charge in [-0.1, -0.05) is 13.8 Å². The monoisotopic (exact) mass is 423 g/mol. The summed E-state index contributed by atoms with van der Waals surface area (Å²) in [4.78, 5) is 12.3. The Kier molecular flexibility index (Phi) is 10.2. The number of carbonyl (C=O) groups is 1. The first-order valence-corrected chi connectivity index (χ1v) is 10.8. The van der Waals surface area contributed by atoms with Crippen LogP contribution in [0, 0.1) is 17.8 Å². The van der Waals surface area contributed by atoms with E-state index >= 15 is 0 Å². The molecule has 30 heavy (non-hydrogen) atoms. The quantitative estimate of drug-likeness (QED) is 0.385. The Morgan fingerprint density at radius 3 is 2.63 bits per heavy atom. The molecule has 0 radical (unpaired) electrons. The fourth-order valence-corrected chi connectivity index (χ4v) is 3.66. The molecule has 3 atom stereocenters. The number of carbonyl (C=O) groups excluding carboxylic acids is 1. The second kappa shape index (κ2) is 12.6. The fourth-order valence-electron chi connectivity index (χ4n) is 3.66. The summed E-state index contributed by atoms with van der Waals surface area (Å²) in [5.74, 6) is 2.30. The third-order valence-electron chi connectivity index (χ3n) is 5.38. The average molecular weight is 424 g/mol. The predicted molar refractivity (Wildman–Crippen MR) is 115 cm³/mol. The Morgan fingerprint density at radius 1 is 1.17 bits per heavy atom. The maximum Gasteiger partial charge on any atom is 0.310 e. The molecule has 0 aliphatic carbocycles. The Labute approximate surface area is 180 Å². The van der Waals surface area contributed by atoms with Crippen LogP contribution in [0.2, 0.25) is 0 Å². The molecule has 1 aromatic carbocycles. The van der Waals surface area contributed by atoms with Gasteiger partial charge in [0.15, 0.2) is 11.5 Å². The number of nitrogens with one attached hydrogen (secondary N) is 1. The minimum atomic E-state index is -0.120. The third-order valence-corrected chi connectivity index (χ3v) is 5.38. The van der Waals surface area contributed by atoms with Crippen molar-refractivity contribution in [2.75, 3.05) is 47.1 Å². The van der Waals surface area contributed by atoms with Gasteiger partial charge in [-0.15, -0.1) is 0 Å². The van der Waals surface area contributed by atoms with E-state index in [1.165, 1.54) is 0 Å². The molecule has 170 valence electrons. The molecule has 0 saturated carbocycles. The van der Waals surface area contributed by atoms with Crippen molar-refractivity contribution in [3.63, 3.8) is 0 Å². The van der Waals surface area contributed by atoms with Crippen LogP contribution in [-0.4, -0.2) is 59.2 Å². The van der Waals surface area contributed by atoms with E-state index in [0.29, 0.717) is 43.8 Å². The Hall–Kier alpha value is -1.99. The summed E-state index contributed by atoms with van der Waals surface area (Å²) in [6.07, 6.45) is 1.55. The van der Waals surface area contributed by atoms with E-state index in [1.54, 1.807) is 14.2 Å². The summed E-state index contributed by atoms with van der Waals surface area (Å²) in [6.45, 7) is 9.17. The van der Waals surface area contributed by atoms with Crippen molar-refractivity contribution in [3.05, 3.63) is 18.2 Å². The van der Waals surface area contributed by atoms with Crippen LogP contribution in [-0.2, 0) is 14.3 Å². The van der Waals surface area contributed by atoms with Gasteiger partial charge in [-0.05, 0) is 43.9 Å². The Morgan fingerprint density at radius 2 is 1.97 bits per heavy atom. The van der Waals surface area contributed by atoms with Gasteiger partial charge in [0, 0.05) is 32.7 Å². The topological polar surface area (TPSA) is 75.3 Å². The molecule has 0 spiro atoms. The lowest BCUT2D eigenvalue weighted by Crippen LogP contribution is -2.32. The summed E-state index contributed by atoms with van der Waals surface area (Å²) in [5.41, 5.74) is 0. The molecule has 1 fully saturated rings. The lowest BCUT2D eigenvalue weighted by atomic mass is 9.87. The van der Waals surface area contributed by atoms with Crippen molar-refractivity contribution in [2.24, 2.45) is 17.8 Å².